The smallest absolute Gasteiger partial charge is 0.256 e. The lowest BCUT2D eigenvalue weighted by molar-refractivity contribution is 0.235. The molecular weight excluding hydrogens is 286 g/mol. The molecule has 0 unspecified atom stereocenters. The van der Waals surface area contributed by atoms with Crippen molar-refractivity contribution in [2.45, 2.75) is 38.5 Å². The molecular formula is C14H19N5OS. The number of hydrogen-bond donors (Lipinski definition) is 2. The van der Waals surface area contributed by atoms with Crippen molar-refractivity contribution in [2.24, 2.45) is 0 Å². The van der Waals surface area contributed by atoms with E-state index in [9.17, 15) is 4.79 Å². The second-order valence-electron chi connectivity index (χ2n) is 5.36. The lowest BCUT2D eigenvalue weighted by Crippen LogP contribution is -2.35. The SMILES string of the molecule is CSc1nc2c(c(=O)[nH]1)CN(Cc1nc(C)c(C)[nH]1)CC2. The summed E-state index contributed by atoms with van der Waals surface area (Å²) in [4.78, 5) is 29.5. The average Bonchev–Trinajstić information content (AvgIpc) is 2.77. The van der Waals surface area contributed by atoms with Crippen molar-refractivity contribution < 1.29 is 0 Å². The summed E-state index contributed by atoms with van der Waals surface area (Å²) < 4.78 is 0. The van der Waals surface area contributed by atoms with Gasteiger partial charge in [-0.25, -0.2) is 9.97 Å². The minimum absolute atomic E-state index is 0.0131. The van der Waals surface area contributed by atoms with Crippen LogP contribution < -0.4 is 5.56 Å². The van der Waals surface area contributed by atoms with Crippen molar-refractivity contribution in [2.75, 3.05) is 12.8 Å². The number of hydrogen-bond acceptors (Lipinski definition) is 5. The molecule has 3 rings (SSSR count). The Labute approximate surface area is 127 Å². The van der Waals surface area contributed by atoms with Gasteiger partial charge in [0.25, 0.3) is 5.56 Å². The highest BCUT2D eigenvalue weighted by atomic mass is 32.2. The van der Waals surface area contributed by atoms with Crippen LogP contribution in [0.15, 0.2) is 9.95 Å². The monoisotopic (exact) mass is 305 g/mol. The van der Waals surface area contributed by atoms with E-state index in [0.29, 0.717) is 11.7 Å². The second kappa shape index (κ2) is 5.65. The van der Waals surface area contributed by atoms with E-state index in [0.717, 1.165) is 48.0 Å². The Morgan fingerprint density at radius 1 is 1.29 bits per heavy atom. The lowest BCUT2D eigenvalue weighted by atomic mass is 10.1. The highest BCUT2D eigenvalue weighted by Gasteiger charge is 2.22. The maximum absolute atomic E-state index is 12.1. The summed E-state index contributed by atoms with van der Waals surface area (Å²) in [5.74, 6) is 0.957. The number of thioether (sulfide) groups is 1. The van der Waals surface area contributed by atoms with E-state index in [4.69, 9.17) is 0 Å². The minimum Gasteiger partial charge on any atom is -0.345 e. The van der Waals surface area contributed by atoms with Crippen LogP contribution in [0.25, 0.3) is 0 Å². The van der Waals surface area contributed by atoms with E-state index in [2.05, 4.69) is 24.8 Å². The van der Waals surface area contributed by atoms with Crippen LogP contribution in [-0.4, -0.2) is 37.6 Å². The molecule has 1 aliphatic heterocycles. The van der Waals surface area contributed by atoms with Crippen LogP contribution in [0.3, 0.4) is 0 Å². The Morgan fingerprint density at radius 2 is 2.10 bits per heavy atom. The fraction of sp³-hybridized carbons (Fsp3) is 0.500. The molecule has 21 heavy (non-hydrogen) atoms. The highest BCUT2D eigenvalue weighted by Crippen LogP contribution is 2.18. The number of aryl methyl sites for hydroxylation is 2. The lowest BCUT2D eigenvalue weighted by Gasteiger charge is -2.26. The summed E-state index contributed by atoms with van der Waals surface area (Å²) in [5, 5.41) is 0.699. The summed E-state index contributed by atoms with van der Waals surface area (Å²) in [7, 11) is 0. The van der Waals surface area contributed by atoms with Gasteiger partial charge in [0.15, 0.2) is 5.16 Å². The number of nitrogens with one attached hydrogen (secondary N) is 2. The van der Waals surface area contributed by atoms with Crippen molar-refractivity contribution in [3.63, 3.8) is 0 Å². The first-order chi connectivity index (χ1) is 10.1. The van der Waals surface area contributed by atoms with Crippen LogP contribution in [-0.2, 0) is 19.5 Å². The average molecular weight is 305 g/mol. The molecule has 0 atom stereocenters. The highest BCUT2D eigenvalue weighted by molar-refractivity contribution is 7.98. The molecule has 0 saturated heterocycles. The van der Waals surface area contributed by atoms with Crippen molar-refractivity contribution in [1.82, 2.24) is 24.8 Å². The van der Waals surface area contributed by atoms with Crippen LogP contribution in [0.4, 0.5) is 0 Å². The van der Waals surface area contributed by atoms with Gasteiger partial charge in [-0.05, 0) is 20.1 Å². The van der Waals surface area contributed by atoms with Crippen molar-refractivity contribution in [1.29, 1.82) is 0 Å². The molecule has 2 aromatic heterocycles. The van der Waals surface area contributed by atoms with Crippen molar-refractivity contribution in [3.05, 3.63) is 38.8 Å². The van der Waals surface area contributed by atoms with Crippen LogP contribution in [0, 0.1) is 13.8 Å². The number of nitrogens with zero attached hydrogens (tertiary/aromatic N) is 3. The Hall–Kier alpha value is -1.60. The molecule has 0 radical (unpaired) electrons. The molecule has 0 spiro atoms. The molecule has 2 aromatic rings. The Kier molecular flexibility index (Phi) is 3.86. The Bertz CT molecular complexity index is 701. The predicted octanol–water partition coefficient (Wildman–Crippen LogP) is 1.39. The van der Waals surface area contributed by atoms with Gasteiger partial charge in [0, 0.05) is 25.2 Å². The molecule has 0 bridgehead atoms. The topological polar surface area (TPSA) is 77.7 Å². The molecule has 0 fully saturated rings. The summed E-state index contributed by atoms with van der Waals surface area (Å²) >= 11 is 1.47. The van der Waals surface area contributed by atoms with Crippen LogP contribution in [0.2, 0.25) is 0 Å². The first-order valence-corrected chi connectivity index (χ1v) is 8.20. The molecule has 0 saturated carbocycles. The molecule has 2 N–H and O–H groups in total. The molecule has 0 aliphatic carbocycles. The summed E-state index contributed by atoms with van der Waals surface area (Å²) in [5.41, 5.74) is 3.85. The zero-order valence-electron chi connectivity index (χ0n) is 12.5. The van der Waals surface area contributed by atoms with Gasteiger partial charge in [-0.1, -0.05) is 11.8 Å². The number of aromatic nitrogens is 4. The number of imidazole rings is 1. The number of aromatic amines is 2. The van der Waals surface area contributed by atoms with Gasteiger partial charge in [-0.15, -0.1) is 0 Å². The zero-order valence-corrected chi connectivity index (χ0v) is 13.3. The zero-order chi connectivity index (χ0) is 15.0. The van der Waals surface area contributed by atoms with E-state index in [1.165, 1.54) is 11.8 Å². The van der Waals surface area contributed by atoms with E-state index < -0.39 is 0 Å². The molecule has 112 valence electrons. The first-order valence-electron chi connectivity index (χ1n) is 6.97. The summed E-state index contributed by atoms with van der Waals surface area (Å²) in [6.07, 6.45) is 2.73. The van der Waals surface area contributed by atoms with E-state index in [1.807, 2.05) is 20.1 Å². The molecule has 7 heteroatoms. The standard InChI is InChI=1S/C14H19N5OS/c1-8-9(2)16-12(15-8)7-19-5-4-11-10(6-19)13(20)18-14(17-11)21-3/h4-7H2,1-3H3,(H,15,16)(H,17,18,20). The van der Waals surface area contributed by atoms with Gasteiger partial charge in [0.05, 0.1) is 23.5 Å². The number of fused-ring (bicyclic) bond motifs is 1. The van der Waals surface area contributed by atoms with Gasteiger partial charge >= 0.3 is 0 Å². The van der Waals surface area contributed by atoms with E-state index in [1.54, 1.807) is 0 Å². The van der Waals surface area contributed by atoms with Gasteiger partial charge in [-0.2, -0.15) is 0 Å². The third-order valence-electron chi connectivity index (χ3n) is 3.87. The molecule has 3 heterocycles. The van der Waals surface area contributed by atoms with Gasteiger partial charge in [0.1, 0.15) is 5.82 Å². The van der Waals surface area contributed by atoms with Gasteiger partial charge in [-0.3, -0.25) is 9.69 Å². The van der Waals surface area contributed by atoms with Crippen LogP contribution in [0.1, 0.15) is 28.5 Å². The van der Waals surface area contributed by atoms with Gasteiger partial charge < -0.3 is 9.97 Å². The number of rotatable bonds is 3. The molecule has 6 nitrogen and oxygen atoms in total. The predicted molar refractivity (Wildman–Crippen MR) is 82.5 cm³/mol. The maximum atomic E-state index is 12.1. The van der Waals surface area contributed by atoms with Crippen molar-refractivity contribution >= 4 is 11.8 Å². The van der Waals surface area contributed by atoms with Crippen LogP contribution in [0.5, 0.6) is 0 Å². The maximum Gasteiger partial charge on any atom is 0.256 e. The summed E-state index contributed by atoms with van der Waals surface area (Å²) in [6, 6.07) is 0. The van der Waals surface area contributed by atoms with E-state index in [-0.39, 0.29) is 5.56 Å². The largest absolute Gasteiger partial charge is 0.345 e. The second-order valence-corrected chi connectivity index (χ2v) is 6.15. The number of H-pyrrole nitrogens is 2. The summed E-state index contributed by atoms with van der Waals surface area (Å²) in [6.45, 7) is 6.29. The molecule has 0 amide bonds. The third-order valence-corrected chi connectivity index (χ3v) is 4.45. The van der Waals surface area contributed by atoms with E-state index >= 15 is 0 Å². The van der Waals surface area contributed by atoms with Crippen molar-refractivity contribution in [3.8, 4) is 0 Å². The Balaban J connectivity index is 1.79. The normalized spacial score (nSPS) is 15.2. The quantitative estimate of drug-likeness (QED) is 0.662. The third kappa shape index (κ3) is 2.89. The first kappa shape index (κ1) is 14.3. The Morgan fingerprint density at radius 3 is 2.76 bits per heavy atom. The fourth-order valence-corrected chi connectivity index (χ4v) is 2.99. The van der Waals surface area contributed by atoms with Crippen LogP contribution >= 0.6 is 11.8 Å². The fourth-order valence-electron chi connectivity index (χ4n) is 2.60. The molecule has 0 aromatic carbocycles. The van der Waals surface area contributed by atoms with Gasteiger partial charge in [0.2, 0.25) is 0 Å². The molecule has 1 aliphatic rings. The minimum atomic E-state index is -0.0131.